The standard InChI is InChI=1S/C13H20BrN3O/c1-10(2)17(3)8-4-6-16-13(18)11-5-7-15-12(14)9-11/h5,7,9-10H,4,6,8H2,1-3H3,(H,16,18). The van der Waals surface area contributed by atoms with Gasteiger partial charge in [0.1, 0.15) is 4.60 Å². The van der Waals surface area contributed by atoms with E-state index in [1.54, 1.807) is 18.3 Å². The highest BCUT2D eigenvalue weighted by molar-refractivity contribution is 9.10. The number of hydrogen-bond donors (Lipinski definition) is 1. The Morgan fingerprint density at radius 2 is 2.28 bits per heavy atom. The summed E-state index contributed by atoms with van der Waals surface area (Å²) in [5.41, 5.74) is 0.633. The van der Waals surface area contributed by atoms with Crippen LogP contribution in [0.25, 0.3) is 0 Å². The van der Waals surface area contributed by atoms with Crippen molar-refractivity contribution >= 4 is 21.8 Å². The normalized spacial score (nSPS) is 11.0. The molecule has 0 radical (unpaired) electrons. The highest BCUT2D eigenvalue weighted by atomic mass is 79.9. The van der Waals surface area contributed by atoms with Crippen molar-refractivity contribution in [2.75, 3.05) is 20.1 Å². The van der Waals surface area contributed by atoms with Gasteiger partial charge in [0.2, 0.25) is 0 Å². The van der Waals surface area contributed by atoms with Crippen LogP contribution in [0.15, 0.2) is 22.9 Å². The summed E-state index contributed by atoms with van der Waals surface area (Å²) in [7, 11) is 2.09. The van der Waals surface area contributed by atoms with Gasteiger partial charge in [0.25, 0.3) is 5.91 Å². The van der Waals surface area contributed by atoms with E-state index in [2.05, 4.69) is 52.0 Å². The molecule has 1 N–H and O–H groups in total. The zero-order valence-electron chi connectivity index (χ0n) is 11.1. The summed E-state index contributed by atoms with van der Waals surface area (Å²) in [6, 6.07) is 3.97. The second kappa shape index (κ2) is 7.48. The average Bonchev–Trinajstić information content (AvgIpc) is 2.33. The van der Waals surface area contributed by atoms with Crippen LogP contribution < -0.4 is 5.32 Å². The zero-order valence-corrected chi connectivity index (χ0v) is 12.7. The van der Waals surface area contributed by atoms with Gasteiger partial charge in [-0.1, -0.05) is 0 Å². The predicted octanol–water partition coefficient (Wildman–Crippen LogP) is 2.30. The van der Waals surface area contributed by atoms with E-state index in [-0.39, 0.29) is 5.91 Å². The number of carbonyl (C=O) groups excluding carboxylic acids is 1. The lowest BCUT2D eigenvalue weighted by Gasteiger charge is -2.20. The number of nitrogens with zero attached hydrogens (tertiary/aromatic N) is 2. The molecule has 1 amide bonds. The van der Waals surface area contributed by atoms with Crippen molar-refractivity contribution in [3.05, 3.63) is 28.5 Å². The van der Waals surface area contributed by atoms with Crippen LogP contribution in [-0.2, 0) is 0 Å². The molecule has 0 unspecified atom stereocenters. The van der Waals surface area contributed by atoms with Crippen molar-refractivity contribution in [3.8, 4) is 0 Å². The van der Waals surface area contributed by atoms with Gasteiger partial charge in [-0.05, 0) is 61.9 Å². The van der Waals surface area contributed by atoms with Crippen molar-refractivity contribution in [1.82, 2.24) is 15.2 Å². The van der Waals surface area contributed by atoms with Gasteiger partial charge < -0.3 is 10.2 Å². The number of pyridine rings is 1. The molecule has 0 bridgehead atoms. The van der Waals surface area contributed by atoms with Crippen molar-refractivity contribution < 1.29 is 4.79 Å². The lowest BCUT2D eigenvalue weighted by Crippen LogP contribution is -2.31. The van der Waals surface area contributed by atoms with Gasteiger partial charge in [-0.15, -0.1) is 0 Å². The quantitative estimate of drug-likeness (QED) is 0.647. The fourth-order valence-corrected chi connectivity index (χ4v) is 1.80. The van der Waals surface area contributed by atoms with Gasteiger partial charge in [-0.2, -0.15) is 0 Å². The Morgan fingerprint density at radius 3 is 2.89 bits per heavy atom. The maximum Gasteiger partial charge on any atom is 0.251 e. The highest BCUT2D eigenvalue weighted by Gasteiger charge is 2.06. The smallest absolute Gasteiger partial charge is 0.251 e. The Labute approximate surface area is 117 Å². The lowest BCUT2D eigenvalue weighted by atomic mass is 10.2. The number of aromatic nitrogens is 1. The molecule has 0 aliphatic rings. The number of nitrogens with one attached hydrogen (secondary N) is 1. The van der Waals surface area contributed by atoms with Crippen LogP contribution in [0.3, 0.4) is 0 Å². The van der Waals surface area contributed by atoms with Crippen molar-refractivity contribution in [2.45, 2.75) is 26.3 Å². The summed E-state index contributed by atoms with van der Waals surface area (Å²) in [5, 5.41) is 2.91. The molecule has 0 aliphatic carbocycles. The lowest BCUT2D eigenvalue weighted by molar-refractivity contribution is 0.0951. The first-order valence-corrected chi connectivity index (χ1v) is 6.90. The maximum absolute atomic E-state index is 11.8. The molecule has 1 heterocycles. The van der Waals surface area contributed by atoms with Crippen LogP contribution in [0.4, 0.5) is 0 Å². The fraction of sp³-hybridized carbons (Fsp3) is 0.538. The molecular formula is C13H20BrN3O. The fourth-order valence-electron chi connectivity index (χ4n) is 1.43. The monoisotopic (exact) mass is 313 g/mol. The third-order valence-electron chi connectivity index (χ3n) is 2.84. The molecule has 0 atom stereocenters. The Bertz CT molecular complexity index is 396. The van der Waals surface area contributed by atoms with E-state index in [1.807, 2.05) is 0 Å². The zero-order chi connectivity index (χ0) is 13.5. The Morgan fingerprint density at radius 1 is 1.56 bits per heavy atom. The van der Waals surface area contributed by atoms with Gasteiger partial charge in [0.15, 0.2) is 0 Å². The highest BCUT2D eigenvalue weighted by Crippen LogP contribution is 2.07. The van der Waals surface area contributed by atoms with Crippen LogP contribution in [0.1, 0.15) is 30.6 Å². The Hall–Kier alpha value is -0.940. The van der Waals surface area contributed by atoms with E-state index in [1.165, 1.54) is 0 Å². The summed E-state index contributed by atoms with van der Waals surface area (Å²) in [6.45, 7) is 5.99. The Balaban J connectivity index is 2.30. The molecule has 4 nitrogen and oxygen atoms in total. The van der Waals surface area contributed by atoms with Gasteiger partial charge in [0.05, 0.1) is 0 Å². The summed E-state index contributed by atoms with van der Waals surface area (Å²) in [6.07, 6.45) is 2.57. The third kappa shape index (κ3) is 5.14. The number of hydrogen-bond acceptors (Lipinski definition) is 3. The molecule has 0 aliphatic heterocycles. The molecular weight excluding hydrogens is 294 g/mol. The summed E-state index contributed by atoms with van der Waals surface area (Å²) >= 11 is 3.25. The number of amides is 1. The number of halogens is 1. The summed E-state index contributed by atoms with van der Waals surface area (Å²) in [4.78, 5) is 18.1. The minimum atomic E-state index is -0.0506. The van der Waals surface area contributed by atoms with Gasteiger partial charge in [0, 0.05) is 24.3 Å². The number of rotatable bonds is 6. The van der Waals surface area contributed by atoms with Gasteiger partial charge in [-0.25, -0.2) is 4.98 Å². The minimum absolute atomic E-state index is 0.0506. The first-order valence-electron chi connectivity index (χ1n) is 6.10. The van der Waals surface area contributed by atoms with Crippen LogP contribution in [0.2, 0.25) is 0 Å². The van der Waals surface area contributed by atoms with E-state index in [4.69, 9.17) is 0 Å². The van der Waals surface area contributed by atoms with E-state index < -0.39 is 0 Å². The van der Waals surface area contributed by atoms with E-state index in [0.717, 1.165) is 13.0 Å². The van der Waals surface area contributed by atoms with Gasteiger partial charge in [-0.3, -0.25) is 4.79 Å². The second-order valence-electron chi connectivity index (χ2n) is 4.55. The molecule has 5 heteroatoms. The third-order valence-corrected chi connectivity index (χ3v) is 3.28. The Kier molecular flexibility index (Phi) is 6.29. The van der Waals surface area contributed by atoms with Crippen molar-refractivity contribution in [1.29, 1.82) is 0 Å². The maximum atomic E-state index is 11.8. The molecule has 0 spiro atoms. The summed E-state index contributed by atoms with van der Waals surface area (Å²) in [5.74, 6) is -0.0506. The molecule has 1 aromatic rings. The van der Waals surface area contributed by atoms with Crippen LogP contribution in [0.5, 0.6) is 0 Å². The second-order valence-corrected chi connectivity index (χ2v) is 5.36. The topological polar surface area (TPSA) is 45.2 Å². The molecule has 0 fully saturated rings. The van der Waals surface area contributed by atoms with E-state index >= 15 is 0 Å². The van der Waals surface area contributed by atoms with Gasteiger partial charge >= 0.3 is 0 Å². The first-order chi connectivity index (χ1) is 8.50. The van der Waals surface area contributed by atoms with E-state index in [9.17, 15) is 4.79 Å². The van der Waals surface area contributed by atoms with E-state index in [0.29, 0.717) is 22.8 Å². The van der Waals surface area contributed by atoms with Crippen molar-refractivity contribution in [3.63, 3.8) is 0 Å². The molecule has 100 valence electrons. The first kappa shape index (κ1) is 15.1. The molecule has 1 rings (SSSR count). The molecule has 18 heavy (non-hydrogen) atoms. The molecule has 1 aromatic heterocycles. The van der Waals surface area contributed by atoms with Crippen LogP contribution >= 0.6 is 15.9 Å². The number of carbonyl (C=O) groups is 1. The summed E-state index contributed by atoms with van der Waals surface area (Å²) < 4.78 is 0.676. The molecule has 0 saturated carbocycles. The largest absolute Gasteiger partial charge is 0.352 e. The van der Waals surface area contributed by atoms with Crippen LogP contribution in [0, 0.1) is 0 Å². The SMILES string of the molecule is CC(C)N(C)CCCNC(=O)c1ccnc(Br)c1. The molecule has 0 saturated heterocycles. The average molecular weight is 314 g/mol. The van der Waals surface area contributed by atoms with Crippen molar-refractivity contribution in [2.24, 2.45) is 0 Å². The molecule has 0 aromatic carbocycles. The minimum Gasteiger partial charge on any atom is -0.352 e. The van der Waals surface area contributed by atoms with Crippen LogP contribution in [-0.4, -0.2) is 42.0 Å². The predicted molar refractivity (Wildman–Crippen MR) is 76.7 cm³/mol.